The van der Waals surface area contributed by atoms with E-state index in [1.807, 2.05) is 65.6 Å². The maximum absolute atomic E-state index is 15.8. The number of nitrogens with one attached hydrogen (secondary N) is 2. The molecule has 0 saturated carbocycles. The van der Waals surface area contributed by atoms with Gasteiger partial charge in [0.25, 0.3) is 11.1 Å². The Kier molecular flexibility index (Phi) is 17.3. The van der Waals surface area contributed by atoms with E-state index in [1.54, 1.807) is 70.5 Å². The van der Waals surface area contributed by atoms with E-state index >= 15 is 8.96 Å². The average Bonchev–Trinajstić information content (AvgIpc) is 3.79. The zero-order valence-corrected chi connectivity index (χ0v) is 46.3. The summed E-state index contributed by atoms with van der Waals surface area (Å²) in [6.45, 7) is 2.27. The van der Waals surface area contributed by atoms with Gasteiger partial charge in [0.2, 0.25) is 0 Å². The molecule has 6 heterocycles. The number of ether oxygens (including phenoxy) is 9. The fourth-order valence-corrected chi connectivity index (χ4v) is 12.3. The molecule has 4 saturated heterocycles. The molecule has 6 aromatic rings. The van der Waals surface area contributed by atoms with Crippen molar-refractivity contribution in [1.82, 2.24) is 19.1 Å². The van der Waals surface area contributed by atoms with Gasteiger partial charge in [0.15, 0.2) is 24.0 Å². The number of phosphoric ester groups is 1. The molecule has 4 aliphatic rings. The first-order valence-electron chi connectivity index (χ1n) is 26.5. The number of H-pyrrole nitrogens is 2. The summed E-state index contributed by atoms with van der Waals surface area (Å²) in [5.74, 6) is -2.01. The minimum Gasteiger partial charge on any atom is -0.497 e. The van der Waals surface area contributed by atoms with Gasteiger partial charge in [-0.15, -0.1) is 0 Å². The smallest absolute Gasteiger partial charge is 0.475 e. The number of piperidine rings is 1. The third kappa shape index (κ3) is 12.0. The summed E-state index contributed by atoms with van der Waals surface area (Å²) in [6, 6.07) is 34.5. The lowest BCUT2D eigenvalue weighted by molar-refractivity contribution is -0.275. The molecule has 10 rings (SSSR count). The number of para-hydroxylation sites is 1. The van der Waals surface area contributed by atoms with Crippen molar-refractivity contribution < 1.29 is 65.2 Å². The molecule has 0 spiro atoms. The van der Waals surface area contributed by atoms with Gasteiger partial charge in [0.05, 0.1) is 52.2 Å². The molecular weight excluding hydrogens is 1090 g/mol. The maximum atomic E-state index is 15.8. The van der Waals surface area contributed by atoms with Crippen molar-refractivity contribution in [2.45, 2.75) is 99.4 Å². The molecule has 4 aliphatic heterocycles. The molecule has 2 aromatic heterocycles. The van der Waals surface area contributed by atoms with E-state index in [0.717, 1.165) is 21.3 Å². The second kappa shape index (κ2) is 24.4. The number of anilines is 1. The largest absolute Gasteiger partial charge is 0.497 e. The number of hydrogen-bond acceptors (Lipinski definition) is 19. The van der Waals surface area contributed by atoms with Crippen molar-refractivity contribution in [1.29, 1.82) is 5.26 Å². The number of nitrogens with zero attached hydrogens (tertiary/aromatic N) is 4. The maximum Gasteiger partial charge on any atom is 0.475 e. The van der Waals surface area contributed by atoms with Gasteiger partial charge in [-0.05, 0) is 66.9 Å². The molecule has 9 atom stereocenters. The van der Waals surface area contributed by atoms with Crippen LogP contribution in [0.1, 0.15) is 62.3 Å². The predicted molar refractivity (Wildman–Crippen MR) is 290 cm³/mol. The molecule has 4 aromatic carbocycles. The van der Waals surface area contributed by atoms with Gasteiger partial charge < -0.3 is 47.5 Å². The first-order valence-corrected chi connectivity index (χ1v) is 27.9. The number of aromatic nitrogens is 4. The van der Waals surface area contributed by atoms with E-state index in [4.69, 9.17) is 56.2 Å². The van der Waals surface area contributed by atoms with Crippen LogP contribution < -0.4 is 36.9 Å². The zero-order chi connectivity index (χ0) is 57.8. The number of nitriles is 1. The van der Waals surface area contributed by atoms with Crippen LogP contribution in [-0.4, -0.2) is 122 Å². The van der Waals surface area contributed by atoms with Crippen molar-refractivity contribution in [3.05, 3.63) is 192 Å². The molecule has 0 radical (unpaired) electrons. The highest BCUT2D eigenvalue weighted by Gasteiger charge is 2.59. The Morgan fingerprint density at radius 2 is 1.26 bits per heavy atom. The quantitative estimate of drug-likeness (QED) is 0.0340. The molecule has 0 aliphatic carbocycles. The van der Waals surface area contributed by atoms with E-state index < -0.39 is 122 Å². The molecule has 1 unspecified atom stereocenters. The van der Waals surface area contributed by atoms with Crippen molar-refractivity contribution in [3.63, 3.8) is 0 Å². The van der Waals surface area contributed by atoms with Crippen molar-refractivity contribution in [3.8, 4) is 17.6 Å². The van der Waals surface area contributed by atoms with Gasteiger partial charge in [0, 0.05) is 57.6 Å². The van der Waals surface area contributed by atoms with Crippen LogP contribution in [0.2, 0.25) is 0 Å². The Hall–Kier alpha value is -7.11. The normalized spacial score (nSPS) is 24.6. The number of methoxy groups -OCH3 is 3. The lowest BCUT2D eigenvalue weighted by atomic mass is 9.80. The standard InChI is InChI=1S/C57H62FN6O17P/c1-55(2)78-47-44(77-51(49(47)79-55)63-29-24-45(65)60-53(63)67)35-75-82(69,74-33-11-28-59)81-48-43(34-73-57(36-12-7-6-8-13-36,37-16-20-39(70-3)21-17-37)38-18-22-40(71-4)23-19-38)76-52(64-30-25-46(66)61-54(64)68)50(48)80-56(72-5)26-31-62(32-27-56)42-15-10-9-14-41(42)58/h6-10,12-25,29-30,43-44,47-52H,11,26-27,31-35H2,1-5H3,(H,60,65,67)(H,61,66,68)/t43-,44-,47-,48-,49-,50-,51-,52-,82?/m1/s1. The second-order valence-corrected chi connectivity index (χ2v) is 21.9. The van der Waals surface area contributed by atoms with E-state index in [9.17, 15) is 24.4 Å². The molecule has 0 bridgehead atoms. The number of hydrogen-bond donors (Lipinski definition) is 2. The Balaban J connectivity index is 1.07. The van der Waals surface area contributed by atoms with Gasteiger partial charge in [-0.3, -0.25) is 42.3 Å². The molecule has 82 heavy (non-hydrogen) atoms. The third-order valence-electron chi connectivity index (χ3n) is 14.9. The second-order valence-electron chi connectivity index (χ2n) is 20.2. The molecule has 2 N–H and O–H groups in total. The topological polar surface area (TPSA) is 265 Å². The number of aromatic amines is 2. The average molecular weight is 1150 g/mol. The van der Waals surface area contributed by atoms with Gasteiger partial charge in [-0.1, -0.05) is 66.7 Å². The number of benzene rings is 4. The van der Waals surface area contributed by atoms with Gasteiger partial charge in [-0.2, -0.15) is 5.26 Å². The van der Waals surface area contributed by atoms with Crippen LogP contribution in [0.25, 0.3) is 0 Å². The van der Waals surface area contributed by atoms with Crippen molar-refractivity contribution in [2.75, 3.05) is 59.1 Å². The van der Waals surface area contributed by atoms with Crippen LogP contribution in [-0.2, 0) is 56.9 Å². The molecular formula is C57H62FN6O17P. The number of halogens is 1. The third-order valence-corrected chi connectivity index (χ3v) is 16.3. The van der Waals surface area contributed by atoms with E-state index in [1.165, 1.54) is 25.6 Å². The lowest BCUT2D eigenvalue weighted by Gasteiger charge is -2.44. The number of fused-ring (bicyclic) bond motifs is 1. The molecule has 25 heteroatoms. The van der Waals surface area contributed by atoms with Gasteiger partial charge >= 0.3 is 19.2 Å². The van der Waals surface area contributed by atoms with E-state index in [-0.39, 0.29) is 32.4 Å². The molecule has 23 nitrogen and oxygen atoms in total. The monoisotopic (exact) mass is 1150 g/mol. The lowest BCUT2D eigenvalue weighted by Crippen LogP contribution is -2.52. The van der Waals surface area contributed by atoms with Crippen LogP contribution in [0.3, 0.4) is 0 Å². The van der Waals surface area contributed by atoms with Crippen LogP contribution in [0.5, 0.6) is 11.5 Å². The summed E-state index contributed by atoms with van der Waals surface area (Å²) >= 11 is 0. The van der Waals surface area contributed by atoms with Crippen molar-refractivity contribution >= 4 is 13.5 Å². The fourth-order valence-electron chi connectivity index (χ4n) is 10.9. The number of rotatable bonds is 22. The Morgan fingerprint density at radius 3 is 1.83 bits per heavy atom. The SMILES string of the molecule is COc1ccc(C(OC[C@H]2O[C@@H](n3ccc(=O)[nH]c3=O)[C@H](OC3(OC)CCN(c4ccccc4F)CC3)[C@@H]2OP(=O)(OCCC#N)OC[C@H]2O[C@@H](n3ccc(=O)[nH]c3=O)[C@@H]3OC(C)(C)O[C@@H]32)(c2ccccc2)c2ccc(OC)cc2)cc1. The highest BCUT2D eigenvalue weighted by Crippen LogP contribution is 2.56. The zero-order valence-electron chi connectivity index (χ0n) is 45.5. The number of phosphoric acid groups is 1. The van der Waals surface area contributed by atoms with Crippen LogP contribution in [0.4, 0.5) is 10.1 Å². The predicted octanol–water partition coefficient (Wildman–Crippen LogP) is 6.04. The first kappa shape index (κ1) is 58.1. The fraction of sp³-hybridized carbons (Fsp3) is 0.421. The molecule has 0 amide bonds. The summed E-state index contributed by atoms with van der Waals surface area (Å²) in [7, 11) is -0.524. The first-order chi connectivity index (χ1) is 39.5. The highest BCUT2D eigenvalue weighted by atomic mass is 31.2. The van der Waals surface area contributed by atoms with Gasteiger partial charge in [0.1, 0.15) is 59.5 Å². The summed E-state index contributed by atoms with van der Waals surface area (Å²) in [5, 5.41) is 9.73. The minimum atomic E-state index is -5.06. The highest BCUT2D eigenvalue weighted by molar-refractivity contribution is 7.48. The summed E-state index contributed by atoms with van der Waals surface area (Å²) in [5.41, 5.74) is -2.24. The Labute approximate surface area is 469 Å². The summed E-state index contributed by atoms with van der Waals surface area (Å²) in [6.07, 6.45) is -7.81. The molecule has 4 fully saturated rings. The van der Waals surface area contributed by atoms with E-state index in [2.05, 4.69) is 9.97 Å². The van der Waals surface area contributed by atoms with Crippen LogP contribution >= 0.6 is 7.82 Å². The summed E-state index contributed by atoms with van der Waals surface area (Å²) in [4.78, 5) is 58.3. The van der Waals surface area contributed by atoms with E-state index in [0.29, 0.717) is 33.9 Å². The Bertz CT molecular complexity index is 3460. The summed E-state index contributed by atoms with van der Waals surface area (Å²) < 4.78 is 110. The Morgan fingerprint density at radius 1 is 0.695 bits per heavy atom. The van der Waals surface area contributed by atoms with Crippen LogP contribution in [0, 0.1) is 17.1 Å². The van der Waals surface area contributed by atoms with Gasteiger partial charge in [-0.25, -0.2) is 18.5 Å². The van der Waals surface area contributed by atoms with Crippen LogP contribution in [0.15, 0.2) is 147 Å². The minimum absolute atomic E-state index is 0.119. The van der Waals surface area contributed by atoms with Crippen molar-refractivity contribution in [2.24, 2.45) is 0 Å². The molecule has 434 valence electrons.